The second-order valence-corrected chi connectivity index (χ2v) is 11.4. The number of rotatable bonds is 6. The van der Waals surface area contributed by atoms with Crippen LogP contribution in [0.3, 0.4) is 0 Å². The Labute approximate surface area is 205 Å². The molecule has 0 bridgehead atoms. The fourth-order valence-corrected chi connectivity index (χ4v) is 6.55. The number of hydrogen-bond donors (Lipinski definition) is 2. The van der Waals surface area contributed by atoms with Gasteiger partial charge in [-0.3, -0.25) is 4.79 Å². The standard InChI is InChI=1S/C25H21BrN2O3S2/c1-15-8-11-19(14-16(15)2)28-25-24(33(30,31)20-12-9-18(26)10-13-20)21(27)23(32-25)22(29)17-6-4-3-5-7-17/h3-14,28H,27H2,1-2H3. The molecule has 0 aliphatic carbocycles. The molecule has 4 rings (SSSR count). The zero-order valence-corrected chi connectivity index (χ0v) is 21.1. The smallest absolute Gasteiger partial charge is 0.211 e. The number of anilines is 3. The third-order valence-electron chi connectivity index (χ3n) is 5.30. The Hall–Kier alpha value is -2.94. The highest BCUT2D eigenvalue weighted by atomic mass is 79.9. The van der Waals surface area contributed by atoms with Crippen LogP contribution in [0.2, 0.25) is 0 Å². The summed E-state index contributed by atoms with van der Waals surface area (Å²) in [7, 11) is -4.00. The Morgan fingerprint density at radius 3 is 2.24 bits per heavy atom. The third-order valence-corrected chi connectivity index (χ3v) is 8.93. The van der Waals surface area contributed by atoms with E-state index < -0.39 is 9.84 Å². The average Bonchev–Trinajstić information content (AvgIpc) is 3.13. The van der Waals surface area contributed by atoms with Gasteiger partial charge in [0, 0.05) is 15.7 Å². The molecule has 5 nitrogen and oxygen atoms in total. The van der Waals surface area contributed by atoms with Gasteiger partial charge in [-0.25, -0.2) is 8.42 Å². The molecule has 168 valence electrons. The van der Waals surface area contributed by atoms with Gasteiger partial charge in [0.15, 0.2) is 0 Å². The zero-order chi connectivity index (χ0) is 23.8. The van der Waals surface area contributed by atoms with Gasteiger partial charge in [-0.05, 0) is 61.4 Å². The van der Waals surface area contributed by atoms with Crippen molar-refractivity contribution in [2.75, 3.05) is 11.1 Å². The summed E-state index contributed by atoms with van der Waals surface area (Å²) in [6.07, 6.45) is 0. The Morgan fingerprint density at radius 1 is 0.939 bits per heavy atom. The molecule has 0 fully saturated rings. The van der Waals surface area contributed by atoms with E-state index >= 15 is 0 Å². The number of sulfone groups is 1. The van der Waals surface area contributed by atoms with Crippen LogP contribution in [-0.4, -0.2) is 14.2 Å². The van der Waals surface area contributed by atoms with Crippen LogP contribution in [-0.2, 0) is 9.84 Å². The van der Waals surface area contributed by atoms with Crippen LogP contribution < -0.4 is 11.1 Å². The van der Waals surface area contributed by atoms with Gasteiger partial charge in [0.2, 0.25) is 15.6 Å². The van der Waals surface area contributed by atoms with E-state index in [1.54, 1.807) is 36.4 Å². The van der Waals surface area contributed by atoms with Crippen molar-refractivity contribution in [1.29, 1.82) is 0 Å². The summed E-state index contributed by atoms with van der Waals surface area (Å²) < 4.78 is 28.0. The molecule has 0 saturated carbocycles. The molecule has 4 aromatic rings. The van der Waals surface area contributed by atoms with Crippen LogP contribution in [0.25, 0.3) is 0 Å². The zero-order valence-electron chi connectivity index (χ0n) is 17.9. The highest BCUT2D eigenvalue weighted by Gasteiger charge is 2.31. The molecule has 0 amide bonds. The number of nitrogen functional groups attached to an aromatic ring is 1. The van der Waals surface area contributed by atoms with Gasteiger partial charge in [0.1, 0.15) is 14.8 Å². The van der Waals surface area contributed by atoms with Crippen molar-refractivity contribution in [3.05, 3.63) is 98.8 Å². The quantitative estimate of drug-likeness (QED) is 0.272. The second-order valence-electron chi connectivity index (χ2n) is 7.58. The van der Waals surface area contributed by atoms with E-state index in [4.69, 9.17) is 5.73 Å². The summed E-state index contributed by atoms with van der Waals surface area (Å²) in [4.78, 5) is 13.4. The number of carbonyl (C=O) groups excluding carboxylic acids is 1. The number of nitrogens with two attached hydrogens (primary N) is 1. The number of aryl methyl sites for hydroxylation is 2. The Morgan fingerprint density at radius 2 is 1.61 bits per heavy atom. The van der Waals surface area contributed by atoms with Crippen LogP contribution in [0.15, 0.2) is 87.1 Å². The first kappa shape index (κ1) is 23.2. The van der Waals surface area contributed by atoms with Crippen molar-refractivity contribution in [3.63, 3.8) is 0 Å². The van der Waals surface area contributed by atoms with Crippen molar-refractivity contribution in [2.45, 2.75) is 23.6 Å². The number of hydrogen-bond acceptors (Lipinski definition) is 6. The minimum absolute atomic E-state index is 0.0527. The Balaban J connectivity index is 1.89. The summed E-state index contributed by atoms with van der Waals surface area (Å²) in [6, 6.07) is 20.8. The molecule has 3 N–H and O–H groups in total. The lowest BCUT2D eigenvalue weighted by Crippen LogP contribution is -2.08. The van der Waals surface area contributed by atoms with E-state index in [0.29, 0.717) is 16.3 Å². The molecule has 1 heterocycles. The largest absolute Gasteiger partial charge is 0.396 e. The molecule has 0 spiro atoms. The number of carbonyl (C=O) groups is 1. The molecule has 0 saturated heterocycles. The predicted octanol–water partition coefficient (Wildman–Crippen LogP) is 6.52. The normalized spacial score (nSPS) is 11.4. The van der Waals surface area contributed by atoms with Crippen LogP contribution in [0.5, 0.6) is 0 Å². The lowest BCUT2D eigenvalue weighted by Gasteiger charge is -2.11. The first-order valence-electron chi connectivity index (χ1n) is 10.1. The van der Waals surface area contributed by atoms with Crippen LogP contribution >= 0.6 is 27.3 Å². The maximum Gasteiger partial charge on any atom is 0.211 e. The molecule has 0 aliphatic heterocycles. The molecular weight excluding hydrogens is 520 g/mol. The van der Waals surface area contributed by atoms with Crippen molar-refractivity contribution >= 4 is 59.3 Å². The highest BCUT2D eigenvalue weighted by Crippen LogP contribution is 2.44. The summed E-state index contributed by atoms with van der Waals surface area (Å²) in [5, 5.41) is 3.50. The number of nitrogens with one attached hydrogen (secondary N) is 1. The summed E-state index contributed by atoms with van der Waals surface area (Å²) in [5.41, 5.74) is 9.64. The molecule has 0 unspecified atom stereocenters. The van der Waals surface area contributed by atoms with E-state index in [1.165, 1.54) is 12.1 Å². The van der Waals surface area contributed by atoms with Gasteiger partial charge in [-0.1, -0.05) is 52.3 Å². The molecule has 33 heavy (non-hydrogen) atoms. The predicted molar refractivity (Wildman–Crippen MR) is 137 cm³/mol. The van der Waals surface area contributed by atoms with Crippen molar-refractivity contribution < 1.29 is 13.2 Å². The first-order chi connectivity index (χ1) is 15.7. The maximum atomic E-state index is 13.6. The van der Waals surface area contributed by atoms with Crippen molar-refractivity contribution in [1.82, 2.24) is 0 Å². The van der Waals surface area contributed by atoms with Gasteiger partial charge < -0.3 is 11.1 Å². The topological polar surface area (TPSA) is 89.3 Å². The van der Waals surface area contributed by atoms with E-state index in [0.717, 1.165) is 26.9 Å². The lowest BCUT2D eigenvalue weighted by atomic mass is 10.1. The minimum atomic E-state index is -4.00. The maximum absolute atomic E-state index is 13.6. The first-order valence-corrected chi connectivity index (χ1v) is 13.1. The number of halogens is 1. The molecule has 0 atom stereocenters. The monoisotopic (exact) mass is 540 g/mol. The molecular formula is C25H21BrN2O3S2. The highest BCUT2D eigenvalue weighted by molar-refractivity contribution is 9.10. The Kier molecular flexibility index (Phi) is 6.43. The summed E-state index contributed by atoms with van der Waals surface area (Å²) >= 11 is 4.37. The second kappa shape index (κ2) is 9.13. The Bertz CT molecular complexity index is 1450. The fraction of sp³-hybridized carbons (Fsp3) is 0.0800. The molecule has 0 aliphatic rings. The van der Waals surface area contributed by atoms with E-state index in [1.807, 2.05) is 38.1 Å². The van der Waals surface area contributed by atoms with Crippen LogP contribution in [0, 0.1) is 13.8 Å². The van der Waals surface area contributed by atoms with Gasteiger partial charge in [0.05, 0.1) is 10.6 Å². The number of benzene rings is 3. The van der Waals surface area contributed by atoms with E-state index in [9.17, 15) is 13.2 Å². The van der Waals surface area contributed by atoms with Crippen LogP contribution in [0.1, 0.15) is 26.4 Å². The van der Waals surface area contributed by atoms with E-state index in [-0.39, 0.29) is 26.1 Å². The van der Waals surface area contributed by atoms with Gasteiger partial charge in [-0.15, -0.1) is 11.3 Å². The third kappa shape index (κ3) is 4.59. The molecule has 8 heteroatoms. The molecule has 3 aromatic carbocycles. The summed E-state index contributed by atoms with van der Waals surface area (Å²) in [5.74, 6) is -0.321. The minimum Gasteiger partial charge on any atom is -0.396 e. The van der Waals surface area contributed by atoms with Crippen molar-refractivity contribution in [2.24, 2.45) is 0 Å². The lowest BCUT2D eigenvalue weighted by molar-refractivity contribution is 0.104. The van der Waals surface area contributed by atoms with Gasteiger partial charge in [0.25, 0.3) is 0 Å². The van der Waals surface area contributed by atoms with E-state index in [2.05, 4.69) is 21.2 Å². The fourth-order valence-electron chi connectivity index (χ4n) is 3.35. The van der Waals surface area contributed by atoms with Gasteiger partial charge in [-0.2, -0.15) is 0 Å². The number of thiophene rings is 1. The molecule has 1 aromatic heterocycles. The SMILES string of the molecule is Cc1ccc(Nc2sc(C(=O)c3ccccc3)c(N)c2S(=O)(=O)c2ccc(Br)cc2)cc1C. The van der Waals surface area contributed by atoms with Gasteiger partial charge >= 0.3 is 0 Å². The number of ketones is 1. The average molecular weight is 541 g/mol. The van der Waals surface area contributed by atoms with Crippen molar-refractivity contribution in [3.8, 4) is 0 Å². The summed E-state index contributed by atoms with van der Waals surface area (Å²) in [6.45, 7) is 3.98. The van der Waals surface area contributed by atoms with Crippen LogP contribution in [0.4, 0.5) is 16.4 Å². The molecule has 0 radical (unpaired) electrons.